The Morgan fingerprint density at radius 3 is 2.57 bits per heavy atom. The Labute approximate surface area is 178 Å². The number of phenolic OH excluding ortho intramolecular Hbond substituents is 1. The van der Waals surface area contributed by atoms with Gasteiger partial charge in [-0.25, -0.2) is 29.0 Å². The molecule has 0 fully saturated rings. The number of hydrazine groups is 2. The monoisotopic (exact) mass is 456 g/mol. The van der Waals surface area contributed by atoms with Gasteiger partial charge < -0.3 is 5.11 Å². The summed E-state index contributed by atoms with van der Waals surface area (Å²) in [4.78, 5) is 27.3. The first-order chi connectivity index (χ1) is 14.1. The number of pyridine rings is 1. The Morgan fingerprint density at radius 1 is 1.27 bits per heavy atom. The highest BCUT2D eigenvalue weighted by Gasteiger charge is 2.22. The van der Waals surface area contributed by atoms with Crippen molar-refractivity contribution < 1.29 is 23.1 Å². The van der Waals surface area contributed by atoms with Crippen LogP contribution in [0.4, 0.5) is 0 Å². The van der Waals surface area contributed by atoms with Crippen LogP contribution < -0.4 is 22.1 Å². The molecule has 1 aromatic heterocycles. The molecular weight excluding hydrogens is 432 g/mol. The van der Waals surface area contributed by atoms with E-state index >= 15 is 0 Å². The smallest absolute Gasteiger partial charge is 0.253 e. The molecule has 0 saturated carbocycles. The van der Waals surface area contributed by atoms with Crippen LogP contribution in [0.5, 0.6) is 5.75 Å². The van der Waals surface area contributed by atoms with Crippen LogP contribution in [0.1, 0.15) is 12.6 Å². The summed E-state index contributed by atoms with van der Waals surface area (Å²) in [6.45, 7) is 1.30. The number of amides is 2. The number of sulfonamides is 1. The normalized spacial score (nSPS) is 12.7. The summed E-state index contributed by atoms with van der Waals surface area (Å²) < 4.78 is 26.1. The number of thioether (sulfide) groups is 1. The molecule has 6 N–H and O–H groups in total. The Morgan fingerprint density at radius 2 is 1.97 bits per heavy atom. The first-order valence-corrected chi connectivity index (χ1v) is 11.3. The third-order valence-corrected chi connectivity index (χ3v) is 6.97. The van der Waals surface area contributed by atoms with Crippen LogP contribution in [-0.2, 0) is 25.4 Å². The number of phenols is 1. The van der Waals surface area contributed by atoms with Crippen molar-refractivity contribution in [3.63, 3.8) is 0 Å². The van der Waals surface area contributed by atoms with E-state index in [0.717, 1.165) is 4.31 Å². The average molecular weight is 457 g/mol. The minimum absolute atomic E-state index is 0.0474. The standard InChI is InChI=1S/C17H24N6O5S2/c1-10(24)21-22-13(17(26)20-18)9-29-8-11-4-5-12-15(30(27,28)23(2)3)7-6-14(25)16(12)19-11/h4-7,13,22,25H,8-9,18H2,1-3H3,(H,20,26)(H,21,24)/t13-/m0/s1. The van der Waals surface area contributed by atoms with Gasteiger partial charge in [-0.15, -0.1) is 0 Å². The summed E-state index contributed by atoms with van der Waals surface area (Å²) in [6, 6.07) is 5.11. The topological polar surface area (TPSA) is 167 Å². The van der Waals surface area contributed by atoms with Gasteiger partial charge in [0.05, 0.1) is 10.6 Å². The van der Waals surface area contributed by atoms with Crippen molar-refractivity contribution in [3.8, 4) is 5.75 Å². The molecule has 0 saturated heterocycles. The lowest BCUT2D eigenvalue weighted by molar-refractivity contribution is -0.124. The second kappa shape index (κ2) is 10.0. The Kier molecular flexibility index (Phi) is 7.97. The van der Waals surface area contributed by atoms with Gasteiger partial charge in [0, 0.05) is 37.9 Å². The number of rotatable bonds is 9. The molecule has 30 heavy (non-hydrogen) atoms. The number of carbonyl (C=O) groups excluding carboxylic acids is 2. The minimum atomic E-state index is -3.71. The maximum atomic E-state index is 12.5. The number of aromatic hydroxyl groups is 1. The average Bonchev–Trinajstić information content (AvgIpc) is 2.70. The summed E-state index contributed by atoms with van der Waals surface area (Å²) in [5.74, 6) is 4.80. The van der Waals surface area contributed by atoms with Crippen LogP contribution in [-0.4, -0.2) is 60.5 Å². The number of hydrogen-bond donors (Lipinski definition) is 5. The zero-order valence-corrected chi connectivity index (χ0v) is 18.3. The number of aromatic nitrogens is 1. The number of hydrogen-bond acceptors (Lipinski definition) is 9. The molecule has 2 amide bonds. The highest BCUT2D eigenvalue weighted by molar-refractivity contribution is 7.98. The lowest BCUT2D eigenvalue weighted by Crippen LogP contribution is -2.54. The van der Waals surface area contributed by atoms with Gasteiger partial charge in [-0.1, -0.05) is 0 Å². The van der Waals surface area contributed by atoms with E-state index in [9.17, 15) is 23.1 Å². The molecule has 0 aliphatic rings. The maximum absolute atomic E-state index is 12.5. The van der Waals surface area contributed by atoms with Crippen molar-refractivity contribution in [2.24, 2.45) is 5.84 Å². The van der Waals surface area contributed by atoms with E-state index in [4.69, 9.17) is 5.84 Å². The van der Waals surface area contributed by atoms with E-state index < -0.39 is 22.0 Å². The van der Waals surface area contributed by atoms with E-state index in [-0.39, 0.29) is 27.8 Å². The van der Waals surface area contributed by atoms with Crippen molar-refractivity contribution >= 4 is 44.5 Å². The van der Waals surface area contributed by atoms with E-state index in [2.05, 4.69) is 15.8 Å². The second-order valence-corrected chi connectivity index (χ2v) is 9.62. The number of carbonyl (C=O) groups is 2. The Balaban J connectivity index is 2.20. The van der Waals surface area contributed by atoms with Gasteiger partial charge in [0.15, 0.2) is 0 Å². The summed E-state index contributed by atoms with van der Waals surface area (Å²) in [6.07, 6.45) is 0. The molecule has 164 valence electrons. The first kappa shape index (κ1) is 23.8. The fourth-order valence-corrected chi connectivity index (χ4v) is 4.51. The van der Waals surface area contributed by atoms with Gasteiger partial charge in [0.25, 0.3) is 5.91 Å². The lowest BCUT2D eigenvalue weighted by Gasteiger charge is -2.17. The highest BCUT2D eigenvalue weighted by atomic mass is 32.2. The Hall–Kier alpha value is -2.45. The van der Waals surface area contributed by atoms with Gasteiger partial charge in [0.2, 0.25) is 15.9 Å². The van der Waals surface area contributed by atoms with E-state index in [0.29, 0.717) is 16.8 Å². The highest BCUT2D eigenvalue weighted by Crippen LogP contribution is 2.30. The van der Waals surface area contributed by atoms with Crippen molar-refractivity contribution in [3.05, 3.63) is 30.0 Å². The van der Waals surface area contributed by atoms with E-state index in [1.807, 2.05) is 5.43 Å². The molecule has 1 aromatic carbocycles. The van der Waals surface area contributed by atoms with Crippen LogP contribution in [0, 0.1) is 0 Å². The van der Waals surface area contributed by atoms with Crippen LogP contribution in [0.25, 0.3) is 10.9 Å². The van der Waals surface area contributed by atoms with Crippen molar-refractivity contribution in [2.75, 3.05) is 19.8 Å². The summed E-state index contributed by atoms with van der Waals surface area (Å²) in [7, 11) is -0.857. The fourth-order valence-electron chi connectivity index (χ4n) is 2.47. The molecule has 2 aromatic rings. The Bertz CT molecular complexity index is 1040. The molecule has 0 spiro atoms. The van der Waals surface area contributed by atoms with Gasteiger partial charge in [-0.3, -0.25) is 20.4 Å². The van der Waals surface area contributed by atoms with Gasteiger partial charge in [-0.2, -0.15) is 11.8 Å². The quantitative estimate of drug-likeness (QED) is 0.188. The number of nitrogens with two attached hydrogens (primary N) is 1. The number of nitrogens with zero attached hydrogens (tertiary/aromatic N) is 2. The predicted octanol–water partition coefficient (Wildman–Crippen LogP) is -0.577. The predicted molar refractivity (Wildman–Crippen MR) is 114 cm³/mol. The van der Waals surface area contributed by atoms with Crippen molar-refractivity contribution in [2.45, 2.75) is 23.6 Å². The largest absolute Gasteiger partial charge is 0.506 e. The molecule has 1 heterocycles. The third-order valence-electron chi connectivity index (χ3n) is 4.03. The molecule has 2 rings (SSSR count). The molecule has 0 aliphatic carbocycles. The summed E-state index contributed by atoms with van der Waals surface area (Å²) in [5, 5.41) is 10.5. The van der Waals surface area contributed by atoms with E-state index in [1.54, 1.807) is 12.1 Å². The second-order valence-electron chi connectivity index (χ2n) is 6.47. The SMILES string of the molecule is CC(=O)NN[C@@H](CSCc1ccc2c(S(=O)(=O)N(C)C)ccc(O)c2n1)C(=O)NN. The van der Waals surface area contributed by atoms with E-state index in [1.165, 1.54) is 44.9 Å². The minimum Gasteiger partial charge on any atom is -0.506 e. The van der Waals surface area contributed by atoms with Gasteiger partial charge >= 0.3 is 0 Å². The summed E-state index contributed by atoms with van der Waals surface area (Å²) >= 11 is 1.34. The lowest BCUT2D eigenvalue weighted by atomic mass is 10.2. The number of nitrogens with one attached hydrogen (secondary N) is 3. The molecule has 0 aliphatic heterocycles. The molecular formula is C17H24N6O5S2. The van der Waals surface area contributed by atoms with Crippen molar-refractivity contribution in [1.29, 1.82) is 0 Å². The molecule has 1 atom stereocenters. The molecule has 0 radical (unpaired) electrons. The first-order valence-electron chi connectivity index (χ1n) is 8.72. The maximum Gasteiger partial charge on any atom is 0.253 e. The van der Waals surface area contributed by atoms with Crippen LogP contribution in [0.2, 0.25) is 0 Å². The number of benzene rings is 1. The number of fused-ring (bicyclic) bond motifs is 1. The van der Waals surface area contributed by atoms with Crippen molar-refractivity contribution in [1.82, 2.24) is 25.6 Å². The molecule has 11 nitrogen and oxygen atoms in total. The summed E-state index contributed by atoms with van der Waals surface area (Å²) in [5.41, 5.74) is 7.70. The van der Waals surface area contributed by atoms with Crippen LogP contribution in [0.3, 0.4) is 0 Å². The molecule has 13 heteroatoms. The van der Waals surface area contributed by atoms with Gasteiger partial charge in [0.1, 0.15) is 17.3 Å². The van der Waals surface area contributed by atoms with Gasteiger partial charge in [-0.05, 0) is 24.3 Å². The van der Waals surface area contributed by atoms with Crippen LogP contribution >= 0.6 is 11.8 Å². The zero-order chi connectivity index (χ0) is 22.5. The zero-order valence-electron chi connectivity index (χ0n) is 16.7. The fraction of sp³-hybridized carbons (Fsp3) is 0.353. The molecule has 0 unspecified atom stereocenters. The third kappa shape index (κ3) is 5.58. The van der Waals surface area contributed by atoms with Crippen LogP contribution in [0.15, 0.2) is 29.2 Å². The molecule has 0 bridgehead atoms.